The fourth-order valence-electron chi connectivity index (χ4n) is 2.75. The molecule has 1 aliphatic rings. The molecule has 0 bridgehead atoms. The van der Waals surface area contributed by atoms with Crippen LogP contribution in [0.4, 0.5) is 5.69 Å². The summed E-state index contributed by atoms with van der Waals surface area (Å²) in [5, 5.41) is 11.3. The molecule has 130 valence electrons. The Labute approximate surface area is 146 Å². The number of hydrogen-bond donors (Lipinski definition) is 1. The van der Waals surface area contributed by atoms with E-state index < -0.39 is 20.6 Å². The van der Waals surface area contributed by atoms with Gasteiger partial charge in [0.2, 0.25) is 10.0 Å². The highest BCUT2D eigenvalue weighted by Crippen LogP contribution is 2.33. The SMILES string of the molecule is Cl.NCCC1CCCCN1S(=O)(=O)c1ccc(Cl)cc1[N+](=O)[O-]. The van der Waals surface area contributed by atoms with Crippen LogP contribution < -0.4 is 5.73 Å². The van der Waals surface area contributed by atoms with Gasteiger partial charge in [-0.15, -0.1) is 12.4 Å². The van der Waals surface area contributed by atoms with E-state index in [0.29, 0.717) is 19.5 Å². The summed E-state index contributed by atoms with van der Waals surface area (Å²) in [6.45, 7) is 0.728. The van der Waals surface area contributed by atoms with Gasteiger partial charge in [0.1, 0.15) is 0 Å². The van der Waals surface area contributed by atoms with Crippen LogP contribution in [0.1, 0.15) is 25.7 Å². The first-order valence-corrected chi connectivity index (χ1v) is 8.85. The Morgan fingerprint density at radius 3 is 2.70 bits per heavy atom. The molecule has 1 heterocycles. The second kappa shape index (κ2) is 8.25. The quantitative estimate of drug-likeness (QED) is 0.620. The van der Waals surface area contributed by atoms with E-state index >= 15 is 0 Å². The van der Waals surface area contributed by atoms with Crippen LogP contribution >= 0.6 is 24.0 Å². The Kier molecular flexibility index (Phi) is 7.22. The van der Waals surface area contributed by atoms with Crippen molar-refractivity contribution < 1.29 is 13.3 Å². The maximum Gasteiger partial charge on any atom is 0.290 e. The summed E-state index contributed by atoms with van der Waals surface area (Å²) < 4.78 is 27.0. The van der Waals surface area contributed by atoms with Crippen molar-refractivity contribution in [3.63, 3.8) is 0 Å². The number of nitrogens with zero attached hydrogens (tertiary/aromatic N) is 2. The summed E-state index contributed by atoms with van der Waals surface area (Å²) in [7, 11) is -3.95. The number of piperidine rings is 1. The van der Waals surface area contributed by atoms with Gasteiger partial charge in [0.15, 0.2) is 4.90 Å². The van der Waals surface area contributed by atoms with E-state index in [1.54, 1.807) is 0 Å². The molecule has 2 rings (SSSR count). The Hall–Kier alpha value is -0.930. The maximum absolute atomic E-state index is 12.8. The van der Waals surface area contributed by atoms with Gasteiger partial charge >= 0.3 is 0 Å². The lowest BCUT2D eigenvalue weighted by Crippen LogP contribution is -2.44. The third-order valence-corrected chi connectivity index (χ3v) is 6.01. The van der Waals surface area contributed by atoms with Crippen LogP contribution in [0.25, 0.3) is 0 Å². The van der Waals surface area contributed by atoms with Crippen molar-refractivity contribution in [3.8, 4) is 0 Å². The summed E-state index contributed by atoms with van der Waals surface area (Å²) >= 11 is 5.75. The fourth-order valence-corrected chi connectivity index (χ4v) is 4.78. The predicted octanol–water partition coefficient (Wildman–Crippen LogP) is 2.56. The van der Waals surface area contributed by atoms with Gasteiger partial charge in [-0.2, -0.15) is 4.31 Å². The van der Waals surface area contributed by atoms with E-state index in [1.165, 1.54) is 16.4 Å². The Morgan fingerprint density at radius 1 is 1.39 bits per heavy atom. The minimum atomic E-state index is -3.95. The van der Waals surface area contributed by atoms with Crippen LogP contribution in [0.15, 0.2) is 23.1 Å². The molecule has 1 fully saturated rings. The van der Waals surface area contributed by atoms with Gasteiger partial charge in [-0.3, -0.25) is 10.1 Å². The van der Waals surface area contributed by atoms with Gasteiger partial charge in [0.25, 0.3) is 5.69 Å². The van der Waals surface area contributed by atoms with Gasteiger partial charge in [-0.1, -0.05) is 18.0 Å². The van der Waals surface area contributed by atoms with Crippen LogP contribution in [0.3, 0.4) is 0 Å². The standard InChI is InChI=1S/C13H18ClN3O4S.ClH/c14-10-4-5-13(12(9-10)17(18)19)22(20,21)16-8-2-1-3-11(16)6-7-15;/h4-5,9,11H,1-3,6-8,15H2;1H. The highest BCUT2D eigenvalue weighted by Gasteiger charge is 2.37. The second-order valence-electron chi connectivity index (χ2n) is 5.21. The van der Waals surface area contributed by atoms with Crippen molar-refractivity contribution >= 4 is 39.7 Å². The van der Waals surface area contributed by atoms with E-state index in [9.17, 15) is 18.5 Å². The largest absolute Gasteiger partial charge is 0.330 e. The zero-order valence-electron chi connectivity index (χ0n) is 12.4. The van der Waals surface area contributed by atoms with Gasteiger partial charge in [-0.25, -0.2) is 8.42 Å². The average Bonchev–Trinajstić information content (AvgIpc) is 2.47. The molecule has 0 radical (unpaired) electrons. The summed E-state index contributed by atoms with van der Waals surface area (Å²) in [4.78, 5) is 10.1. The van der Waals surface area contributed by atoms with Crippen LogP contribution in [-0.4, -0.2) is 36.8 Å². The number of halogens is 2. The zero-order valence-corrected chi connectivity index (χ0v) is 14.7. The molecule has 1 aromatic rings. The molecule has 1 atom stereocenters. The van der Waals surface area contributed by atoms with Gasteiger partial charge in [-0.05, 0) is 37.9 Å². The number of nitro groups is 1. The number of benzene rings is 1. The molecular weight excluding hydrogens is 365 g/mol. The normalized spacial score (nSPS) is 19.1. The topological polar surface area (TPSA) is 107 Å². The molecular formula is C13H19Cl2N3O4S. The summed E-state index contributed by atoms with van der Waals surface area (Å²) in [5.41, 5.74) is 5.06. The molecule has 0 spiro atoms. The highest BCUT2D eigenvalue weighted by atomic mass is 35.5. The summed E-state index contributed by atoms with van der Waals surface area (Å²) in [6.07, 6.45) is 2.93. The first-order valence-electron chi connectivity index (χ1n) is 7.03. The fraction of sp³-hybridized carbons (Fsp3) is 0.538. The van der Waals surface area contributed by atoms with Crippen molar-refractivity contribution in [1.29, 1.82) is 0 Å². The smallest absolute Gasteiger partial charge is 0.290 e. The van der Waals surface area contributed by atoms with Crippen LogP contribution in [-0.2, 0) is 10.0 Å². The minimum Gasteiger partial charge on any atom is -0.330 e. The first-order chi connectivity index (χ1) is 10.4. The van der Waals surface area contributed by atoms with Gasteiger partial charge in [0, 0.05) is 23.7 Å². The minimum absolute atomic E-state index is 0. The van der Waals surface area contributed by atoms with Gasteiger partial charge < -0.3 is 5.73 Å². The molecule has 1 unspecified atom stereocenters. The molecule has 1 aromatic carbocycles. The number of sulfonamides is 1. The van der Waals surface area contributed by atoms with E-state index in [4.69, 9.17) is 17.3 Å². The predicted molar refractivity (Wildman–Crippen MR) is 90.6 cm³/mol. The number of rotatable bonds is 5. The molecule has 7 nitrogen and oxygen atoms in total. The van der Waals surface area contributed by atoms with E-state index in [2.05, 4.69) is 0 Å². The number of nitro benzene ring substituents is 1. The first kappa shape index (κ1) is 20.1. The molecule has 10 heteroatoms. The van der Waals surface area contributed by atoms with Crippen LogP contribution in [0, 0.1) is 10.1 Å². The molecule has 1 aliphatic heterocycles. The maximum atomic E-state index is 12.8. The summed E-state index contributed by atoms with van der Waals surface area (Å²) in [6, 6.07) is 3.41. The van der Waals surface area contributed by atoms with Gasteiger partial charge in [0.05, 0.1) is 4.92 Å². The van der Waals surface area contributed by atoms with Crippen LogP contribution in [0.2, 0.25) is 5.02 Å². The highest BCUT2D eigenvalue weighted by molar-refractivity contribution is 7.89. The zero-order chi connectivity index (χ0) is 16.3. The van der Waals surface area contributed by atoms with Crippen molar-refractivity contribution in [3.05, 3.63) is 33.3 Å². The lowest BCUT2D eigenvalue weighted by Gasteiger charge is -2.34. The number of nitrogens with two attached hydrogens (primary N) is 1. The van der Waals surface area contributed by atoms with Crippen molar-refractivity contribution in [2.24, 2.45) is 5.73 Å². The third kappa shape index (κ3) is 4.33. The Bertz CT molecular complexity index is 667. The average molecular weight is 384 g/mol. The van der Waals surface area contributed by atoms with E-state index in [-0.39, 0.29) is 28.4 Å². The van der Waals surface area contributed by atoms with E-state index in [1.807, 2.05) is 0 Å². The Morgan fingerprint density at radius 2 is 2.09 bits per heavy atom. The molecule has 23 heavy (non-hydrogen) atoms. The molecule has 2 N–H and O–H groups in total. The molecule has 0 saturated carbocycles. The lowest BCUT2D eigenvalue weighted by atomic mass is 10.0. The van der Waals surface area contributed by atoms with Crippen molar-refractivity contribution in [2.75, 3.05) is 13.1 Å². The van der Waals surface area contributed by atoms with Crippen LogP contribution in [0.5, 0.6) is 0 Å². The van der Waals surface area contributed by atoms with Crippen molar-refractivity contribution in [2.45, 2.75) is 36.6 Å². The number of hydrogen-bond acceptors (Lipinski definition) is 5. The third-order valence-electron chi connectivity index (χ3n) is 3.78. The molecule has 0 aromatic heterocycles. The lowest BCUT2D eigenvalue weighted by molar-refractivity contribution is -0.387. The van der Waals surface area contributed by atoms with E-state index in [0.717, 1.165) is 25.3 Å². The van der Waals surface area contributed by atoms with Crippen molar-refractivity contribution in [1.82, 2.24) is 4.31 Å². The molecule has 1 saturated heterocycles. The monoisotopic (exact) mass is 383 g/mol. The summed E-state index contributed by atoms with van der Waals surface area (Å²) in [5.74, 6) is 0. The Balaban J connectivity index is 0.00000264. The molecule has 0 aliphatic carbocycles. The second-order valence-corrected chi connectivity index (χ2v) is 7.51. The molecule has 0 amide bonds.